The zero-order valence-corrected chi connectivity index (χ0v) is 12.0. The number of fused-ring (bicyclic) bond motifs is 1. The minimum atomic E-state index is 0.388. The van der Waals surface area contributed by atoms with E-state index in [4.69, 9.17) is 16.3 Å². The maximum absolute atomic E-state index is 11.1. The molecule has 0 saturated carbocycles. The van der Waals surface area contributed by atoms with Gasteiger partial charge in [-0.1, -0.05) is 60.1 Å². The molecule has 0 unspecified atom stereocenters. The predicted molar refractivity (Wildman–Crippen MR) is 85.1 cm³/mol. The third-order valence-electron chi connectivity index (χ3n) is 3.39. The Balaban J connectivity index is 1.91. The topological polar surface area (TPSA) is 26.3 Å². The van der Waals surface area contributed by atoms with E-state index in [1.54, 1.807) is 18.2 Å². The number of carbonyl (C=O) groups is 1. The standard InChI is InChI=1S/C18H13ClO2/c19-17-9-4-10-18(16(17)11-20)21-12-14-7-3-6-13-5-1-2-8-15(13)14/h1-11H,12H2. The molecule has 0 bridgehead atoms. The number of aldehydes is 1. The third kappa shape index (κ3) is 2.76. The first-order chi connectivity index (χ1) is 10.3. The number of benzene rings is 3. The molecule has 0 spiro atoms. The Morgan fingerprint density at radius 2 is 1.71 bits per heavy atom. The number of rotatable bonds is 4. The zero-order chi connectivity index (χ0) is 14.7. The Hall–Kier alpha value is -2.32. The molecule has 104 valence electrons. The van der Waals surface area contributed by atoms with E-state index in [1.165, 1.54) is 5.39 Å². The van der Waals surface area contributed by atoms with Crippen molar-refractivity contribution < 1.29 is 9.53 Å². The van der Waals surface area contributed by atoms with Crippen molar-refractivity contribution in [2.45, 2.75) is 6.61 Å². The van der Waals surface area contributed by atoms with E-state index in [0.29, 0.717) is 22.9 Å². The van der Waals surface area contributed by atoms with Crippen LogP contribution in [0.2, 0.25) is 5.02 Å². The first-order valence-electron chi connectivity index (χ1n) is 6.63. The molecule has 3 rings (SSSR count). The van der Waals surface area contributed by atoms with E-state index in [-0.39, 0.29) is 0 Å². The summed E-state index contributed by atoms with van der Waals surface area (Å²) >= 11 is 6.00. The first-order valence-corrected chi connectivity index (χ1v) is 7.00. The summed E-state index contributed by atoms with van der Waals surface area (Å²) in [6.07, 6.45) is 0.723. The summed E-state index contributed by atoms with van der Waals surface area (Å²) in [5.74, 6) is 0.505. The van der Waals surface area contributed by atoms with Gasteiger partial charge in [0.25, 0.3) is 0 Å². The fourth-order valence-corrected chi connectivity index (χ4v) is 2.54. The normalized spacial score (nSPS) is 10.5. The molecular formula is C18H13ClO2. The molecule has 3 aromatic rings. The highest BCUT2D eigenvalue weighted by molar-refractivity contribution is 6.33. The van der Waals surface area contributed by atoms with Gasteiger partial charge in [0.2, 0.25) is 0 Å². The van der Waals surface area contributed by atoms with Crippen LogP contribution in [0.3, 0.4) is 0 Å². The van der Waals surface area contributed by atoms with Gasteiger partial charge in [-0.2, -0.15) is 0 Å². The molecule has 0 N–H and O–H groups in total. The van der Waals surface area contributed by atoms with Crippen molar-refractivity contribution in [1.82, 2.24) is 0 Å². The molecule has 0 aliphatic carbocycles. The Morgan fingerprint density at radius 3 is 2.57 bits per heavy atom. The largest absolute Gasteiger partial charge is 0.488 e. The lowest BCUT2D eigenvalue weighted by atomic mass is 10.1. The zero-order valence-electron chi connectivity index (χ0n) is 11.3. The van der Waals surface area contributed by atoms with Gasteiger partial charge in [-0.25, -0.2) is 0 Å². The van der Waals surface area contributed by atoms with E-state index in [0.717, 1.165) is 17.2 Å². The molecule has 3 aromatic carbocycles. The smallest absolute Gasteiger partial charge is 0.155 e. The van der Waals surface area contributed by atoms with Crippen LogP contribution in [0.5, 0.6) is 5.75 Å². The summed E-state index contributed by atoms with van der Waals surface area (Å²) in [6.45, 7) is 0.391. The molecule has 2 nitrogen and oxygen atoms in total. The second kappa shape index (κ2) is 5.98. The molecule has 0 fully saturated rings. The minimum absolute atomic E-state index is 0.388. The molecule has 0 aliphatic heterocycles. The van der Waals surface area contributed by atoms with Gasteiger partial charge in [0.1, 0.15) is 12.4 Å². The van der Waals surface area contributed by atoms with Gasteiger partial charge in [0.05, 0.1) is 10.6 Å². The molecule has 0 saturated heterocycles. The maximum Gasteiger partial charge on any atom is 0.155 e. The number of carbonyl (C=O) groups excluding carboxylic acids is 1. The van der Waals surface area contributed by atoms with Crippen molar-refractivity contribution in [1.29, 1.82) is 0 Å². The maximum atomic E-state index is 11.1. The van der Waals surface area contributed by atoms with Crippen molar-refractivity contribution in [2.24, 2.45) is 0 Å². The molecule has 0 aliphatic rings. The van der Waals surface area contributed by atoms with Gasteiger partial charge < -0.3 is 4.74 Å². The molecule has 21 heavy (non-hydrogen) atoms. The van der Waals surface area contributed by atoms with Crippen LogP contribution in [0, 0.1) is 0 Å². The Labute approximate surface area is 127 Å². The van der Waals surface area contributed by atoms with Crippen molar-refractivity contribution in [2.75, 3.05) is 0 Å². The summed E-state index contributed by atoms with van der Waals surface area (Å²) in [7, 11) is 0. The summed E-state index contributed by atoms with van der Waals surface area (Å²) < 4.78 is 5.79. The molecule has 0 radical (unpaired) electrons. The average molecular weight is 297 g/mol. The molecule has 0 atom stereocenters. The number of ether oxygens (including phenoxy) is 1. The summed E-state index contributed by atoms with van der Waals surface area (Å²) in [5, 5.41) is 2.72. The van der Waals surface area contributed by atoms with Crippen LogP contribution < -0.4 is 4.74 Å². The lowest BCUT2D eigenvalue weighted by Gasteiger charge is -2.11. The van der Waals surface area contributed by atoms with Crippen LogP contribution >= 0.6 is 11.6 Å². The number of hydrogen-bond acceptors (Lipinski definition) is 2. The summed E-state index contributed by atoms with van der Waals surface area (Å²) in [4.78, 5) is 11.1. The van der Waals surface area contributed by atoms with E-state index in [1.807, 2.05) is 24.3 Å². The van der Waals surface area contributed by atoms with Crippen molar-refractivity contribution in [3.63, 3.8) is 0 Å². The third-order valence-corrected chi connectivity index (χ3v) is 3.72. The van der Waals surface area contributed by atoms with Crippen LogP contribution in [-0.2, 0) is 6.61 Å². The van der Waals surface area contributed by atoms with E-state index in [9.17, 15) is 4.79 Å². The molecule has 0 amide bonds. The Bertz CT molecular complexity index is 791. The van der Waals surface area contributed by atoms with Gasteiger partial charge in [0.15, 0.2) is 6.29 Å². The second-order valence-corrected chi connectivity index (χ2v) is 5.10. The fourth-order valence-electron chi connectivity index (χ4n) is 2.33. The lowest BCUT2D eigenvalue weighted by Crippen LogP contribution is -1.99. The van der Waals surface area contributed by atoms with Crippen molar-refractivity contribution in [3.8, 4) is 5.75 Å². The van der Waals surface area contributed by atoms with E-state index < -0.39 is 0 Å². The SMILES string of the molecule is O=Cc1c(Cl)cccc1OCc1cccc2ccccc12. The fraction of sp³-hybridized carbons (Fsp3) is 0.0556. The lowest BCUT2D eigenvalue weighted by molar-refractivity contribution is 0.111. The van der Waals surface area contributed by atoms with Gasteiger partial charge in [-0.3, -0.25) is 4.79 Å². The van der Waals surface area contributed by atoms with Gasteiger partial charge in [-0.05, 0) is 28.5 Å². The van der Waals surface area contributed by atoms with Crippen molar-refractivity contribution in [3.05, 3.63) is 76.8 Å². The highest BCUT2D eigenvalue weighted by atomic mass is 35.5. The van der Waals surface area contributed by atoms with Crippen LogP contribution in [-0.4, -0.2) is 6.29 Å². The van der Waals surface area contributed by atoms with Crippen LogP contribution in [0.25, 0.3) is 10.8 Å². The monoisotopic (exact) mass is 296 g/mol. The van der Waals surface area contributed by atoms with Crippen molar-refractivity contribution >= 4 is 28.7 Å². The van der Waals surface area contributed by atoms with Gasteiger partial charge >= 0.3 is 0 Å². The number of halogens is 1. The highest BCUT2D eigenvalue weighted by Crippen LogP contribution is 2.26. The van der Waals surface area contributed by atoms with Gasteiger partial charge in [-0.15, -0.1) is 0 Å². The van der Waals surface area contributed by atoms with Crippen LogP contribution in [0.1, 0.15) is 15.9 Å². The molecular weight excluding hydrogens is 284 g/mol. The number of hydrogen-bond donors (Lipinski definition) is 0. The molecule has 0 aromatic heterocycles. The Kier molecular flexibility index (Phi) is 3.89. The quantitative estimate of drug-likeness (QED) is 0.641. The Morgan fingerprint density at radius 1 is 0.952 bits per heavy atom. The summed E-state index contributed by atoms with van der Waals surface area (Å²) in [6, 6.07) is 19.4. The van der Waals surface area contributed by atoms with Crippen LogP contribution in [0.4, 0.5) is 0 Å². The second-order valence-electron chi connectivity index (χ2n) is 4.70. The average Bonchev–Trinajstić information content (AvgIpc) is 2.53. The van der Waals surface area contributed by atoms with E-state index in [2.05, 4.69) is 18.2 Å². The van der Waals surface area contributed by atoms with Gasteiger partial charge in [0, 0.05) is 0 Å². The highest BCUT2D eigenvalue weighted by Gasteiger charge is 2.08. The minimum Gasteiger partial charge on any atom is -0.488 e. The predicted octanol–water partition coefficient (Wildman–Crippen LogP) is 4.88. The van der Waals surface area contributed by atoms with E-state index >= 15 is 0 Å². The summed E-state index contributed by atoms with van der Waals surface area (Å²) in [5.41, 5.74) is 1.46. The van der Waals surface area contributed by atoms with Crippen LogP contribution in [0.15, 0.2) is 60.7 Å². The molecule has 0 heterocycles. The first kappa shape index (κ1) is 13.7. The molecule has 3 heteroatoms.